The van der Waals surface area contributed by atoms with Crippen LogP contribution in [-0.4, -0.2) is 28.2 Å². The molecule has 0 unspecified atom stereocenters. The molecule has 3 aromatic rings. The lowest BCUT2D eigenvalue weighted by atomic mass is 10.2. The number of halogens is 1. The second-order valence-corrected chi connectivity index (χ2v) is 5.42. The van der Waals surface area contributed by atoms with Crippen LogP contribution >= 0.6 is 12.2 Å². The van der Waals surface area contributed by atoms with E-state index in [9.17, 15) is 4.39 Å². The van der Waals surface area contributed by atoms with Gasteiger partial charge in [-0.3, -0.25) is 0 Å². The molecule has 0 spiro atoms. The van der Waals surface area contributed by atoms with Gasteiger partial charge in [-0.15, -0.1) is 0 Å². The Bertz CT molecular complexity index is 973. The third kappa shape index (κ3) is 3.89. The predicted octanol–water partition coefficient (Wildman–Crippen LogP) is 4.30. The monoisotopic (exact) mass is 354 g/mol. The summed E-state index contributed by atoms with van der Waals surface area (Å²) in [5.74, 6) is 0.971. The molecule has 0 saturated heterocycles. The third-order valence-corrected chi connectivity index (χ3v) is 3.70. The fraction of sp³-hybridized carbons (Fsp3) is 0.0556. The summed E-state index contributed by atoms with van der Waals surface area (Å²) in [5, 5.41) is 11.1. The molecule has 7 heteroatoms. The van der Waals surface area contributed by atoms with Crippen molar-refractivity contribution >= 4 is 24.5 Å². The highest BCUT2D eigenvalue weighted by atomic mass is 32.1. The maximum atomic E-state index is 13.1. The molecule has 25 heavy (non-hydrogen) atoms. The van der Waals surface area contributed by atoms with E-state index in [2.05, 4.69) is 15.3 Å². The van der Waals surface area contributed by atoms with Crippen molar-refractivity contribution in [3.05, 3.63) is 70.8 Å². The van der Waals surface area contributed by atoms with Gasteiger partial charge in [0.1, 0.15) is 11.6 Å². The molecule has 0 aliphatic heterocycles. The number of methoxy groups -OCH3 is 1. The molecule has 1 aromatic heterocycles. The summed E-state index contributed by atoms with van der Waals surface area (Å²) in [4.78, 5) is 0. The van der Waals surface area contributed by atoms with Crippen LogP contribution in [0.4, 0.5) is 4.39 Å². The Morgan fingerprint density at radius 2 is 1.96 bits per heavy atom. The van der Waals surface area contributed by atoms with E-state index in [1.807, 2.05) is 30.3 Å². The van der Waals surface area contributed by atoms with Crippen LogP contribution in [-0.2, 0) is 0 Å². The van der Waals surface area contributed by atoms with Crippen molar-refractivity contribution in [2.24, 2.45) is 5.10 Å². The van der Waals surface area contributed by atoms with Gasteiger partial charge in [0.2, 0.25) is 4.77 Å². The van der Waals surface area contributed by atoms with Crippen molar-refractivity contribution < 1.29 is 9.13 Å². The molecule has 0 saturated carbocycles. The Kier molecular flexibility index (Phi) is 5.15. The molecule has 0 amide bonds. The largest absolute Gasteiger partial charge is 0.496 e. The first-order chi connectivity index (χ1) is 12.2. The van der Waals surface area contributed by atoms with Crippen LogP contribution in [0.3, 0.4) is 0 Å². The lowest BCUT2D eigenvalue weighted by Crippen LogP contribution is -1.93. The van der Waals surface area contributed by atoms with Crippen LogP contribution in [0.5, 0.6) is 5.75 Å². The van der Waals surface area contributed by atoms with Gasteiger partial charge in [0.05, 0.1) is 7.11 Å². The maximum absolute atomic E-state index is 13.1. The normalized spacial score (nSPS) is 11.4. The minimum atomic E-state index is -0.312. The zero-order valence-electron chi connectivity index (χ0n) is 13.4. The highest BCUT2D eigenvalue weighted by Gasteiger charge is 2.07. The zero-order chi connectivity index (χ0) is 17.6. The van der Waals surface area contributed by atoms with Gasteiger partial charge in [0, 0.05) is 17.3 Å². The van der Waals surface area contributed by atoms with Crippen molar-refractivity contribution in [3.8, 4) is 17.1 Å². The van der Waals surface area contributed by atoms with E-state index < -0.39 is 0 Å². The molecule has 0 aliphatic rings. The first-order valence-electron chi connectivity index (χ1n) is 7.46. The second-order valence-electron chi connectivity index (χ2n) is 5.04. The lowest BCUT2D eigenvalue weighted by molar-refractivity contribution is 0.414. The molecule has 3 rings (SSSR count). The lowest BCUT2D eigenvalue weighted by Gasteiger charge is -2.02. The number of ether oxygens (including phenoxy) is 1. The van der Waals surface area contributed by atoms with E-state index in [-0.39, 0.29) is 5.82 Å². The number of benzene rings is 2. The smallest absolute Gasteiger partial charge is 0.216 e. The molecule has 0 atom stereocenters. The van der Waals surface area contributed by atoms with Crippen molar-refractivity contribution in [1.29, 1.82) is 0 Å². The van der Waals surface area contributed by atoms with E-state index in [4.69, 9.17) is 17.0 Å². The Balaban J connectivity index is 1.85. The second kappa shape index (κ2) is 7.67. The minimum Gasteiger partial charge on any atom is -0.496 e. The van der Waals surface area contributed by atoms with Crippen molar-refractivity contribution in [2.45, 2.75) is 0 Å². The van der Waals surface area contributed by atoms with Gasteiger partial charge in [0.15, 0.2) is 5.82 Å². The van der Waals surface area contributed by atoms with E-state index >= 15 is 0 Å². The molecule has 5 nitrogen and oxygen atoms in total. The molecular formula is C18H15FN4OS. The van der Waals surface area contributed by atoms with Gasteiger partial charge in [-0.1, -0.05) is 18.2 Å². The summed E-state index contributed by atoms with van der Waals surface area (Å²) in [6, 6.07) is 13.6. The van der Waals surface area contributed by atoms with Gasteiger partial charge in [0.25, 0.3) is 0 Å². The average molecular weight is 354 g/mol. The quantitative estimate of drug-likeness (QED) is 0.549. The highest BCUT2D eigenvalue weighted by Crippen LogP contribution is 2.19. The molecule has 1 N–H and O–H groups in total. The van der Waals surface area contributed by atoms with Gasteiger partial charge in [-0.2, -0.15) is 14.9 Å². The van der Waals surface area contributed by atoms with E-state index in [0.29, 0.717) is 16.2 Å². The van der Waals surface area contributed by atoms with E-state index in [1.54, 1.807) is 31.5 Å². The molecule has 0 aliphatic carbocycles. The number of aromatic nitrogens is 3. The molecule has 1 heterocycles. The van der Waals surface area contributed by atoms with E-state index in [0.717, 1.165) is 11.3 Å². The number of nitrogens with one attached hydrogen (secondary N) is 1. The number of allylic oxidation sites excluding steroid dienone is 1. The summed E-state index contributed by atoms with van der Waals surface area (Å²) >= 11 is 5.19. The van der Waals surface area contributed by atoms with Gasteiger partial charge in [-0.25, -0.2) is 9.49 Å². The third-order valence-electron chi connectivity index (χ3n) is 3.44. The van der Waals surface area contributed by atoms with Gasteiger partial charge in [-0.05, 0) is 54.7 Å². The molecule has 126 valence electrons. The van der Waals surface area contributed by atoms with Crippen LogP contribution in [0.25, 0.3) is 17.5 Å². The van der Waals surface area contributed by atoms with Gasteiger partial charge >= 0.3 is 0 Å². The van der Waals surface area contributed by atoms with Crippen LogP contribution in [0.1, 0.15) is 5.56 Å². The topological polar surface area (TPSA) is 55.2 Å². The number of para-hydroxylation sites is 1. The van der Waals surface area contributed by atoms with Crippen LogP contribution in [0.2, 0.25) is 0 Å². The van der Waals surface area contributed by atoms with Crippen LogP contribution < -0.4 is 4.74 Å². The first-order valence-corrected chi connectivity index (χ1v) is 7.87. The summed E-state index contributed by atoms with van der Waals surface area (Å²) < 4.78 is 20.2. The maximum Gasteiger partial charge on any atom is 0.216 e. The van der Waals surface area contributed by atoms with Crippen molar-refractivity contribution in [3.63, 3.8) is 0 Å². The van der Waals surface area contributed by atoms with Crippen LogP contribution in [0, 0.1) is 10.6 Å². The number of hydrogen-bond donors (Lipinski definition) is 1. The number of rotatable bonds is 5. The van der Waals surface area contributed by atoms with Crippen molar-refractivity contribution in [2.75, 3.05) is 7.11 Å². The number of hydrogen-bond acceptors (Lipinski definition) is 4. The van der Waals surface area contributed by atoms with E-state index in [1.165, 1.54) is 16.8 Å². The minimum absolute atomic E-state index is 0.312. The Hall–Kier alpha value is -3.06. The number of nitrogens with zero attached hydrogens (tertiary/aromatic N) is 3. The molecular weight excluding hydrogens is 339 g/mol. The van der Waals surface area contributed by atoms with Crippen LogP contribution in [0.15, 0.2) is 59.7 Å². The Morgan fingerprint density at radius 1 is 1.20 bits per heavy atom. The molecule has 0 fully saturated rings. The standard InChI is InChI=1S/C18H15FN4OS/c1-24-16-7-3-2-5-13(16)6-4-12-20-23-17(21-22-18(23)25)14-8-10-15(19)11-9-14/h2-12H,1H3,(H,22,25)/b6-4+,20-12-. The zero-order valence-corrected chi connectivity index (χ0v) is 14.2. The SMILES string of the molecule is COc1ccccc1/C=C/C=N\n1c(-c2ccc(F)cc2)n[nH]c1=S. The molecule has 2 aromatic carbocycles. The fourth-order valence-electron chi connectivity index (χ4n) is 2.24. The number of H-pyrrole nitrogens is 1. The average Bonchev–Trinajstić information content (AvgIpc) is 3.00. The Labute approximate surface area is 149 Å². The fourth-order valence-corrected chi connectivity index (χ4v) is 2.42. The van der Waals surface area contributed by atoms with Crippen molar-refractivity contribution in [1.82, 2.24) is 14.9 Å². The summed E-state index contributed by atoms with van der Waals surface area (Å²) in [6.07, 6.45) is 5.26. The molecule has 0 bridgehead atoms. The first kappa shape index (κ1) is 16.8. The predicted molar refractivity (Wildman–Crippen MR) is 98.7 cm³/mol. The Morgan fingerprint density at radius 3 is 2.72 bits per heavy atom. The summed E-state index contributed by atoms with van der Waals surface area (Å²) in [6.45, 7) is 0. The highest BCUT2D eigenvalue weighted by molar-refractivity contribution is 7.71. The van der Waals surface area contributed by atoms with Gasteiger partial charge < -0.3 is 4.74 Å². The summed E-state index contributed by atoms with van der Waals surface area (Å²) in [7, 11) is 1.63. The number of aromatic amines is 1. The molecule has 0 radical (unpaired) electrons. The summed E-state index contributed by atoms with van der Waals surface area (Å²) in [5.41, 5.74) is 1.64.